The van der Waals surface area contributed by atoms with Crippen LogP contribution in [-0.4, -0.2) is 57.7 Å². The van der Waals surface area contributed by atoms with Gasteiger partial charge in [-0.25, -0.2) is 12.7 Å². The topological polar surface area (TPSA) is 73.8 Å². The van der Waals surface area contributed by atoms with E-state index in [4.69, 9.17) is 0 Å². The summed E-state index contributed by atoms with van der Waals surface area (Å²) < 4.78 is 24.3. The standard InChI is InChI=1S/C13H30N4O2S.HI/c1-5-8-10-15-13(14-6-2)16-11-9-12-17(7-3)20(4,18)19;/h5-12H2,1-4H3,(H2,14,15,16);1H. The Hall–Kier alpha value is -0.0900. The SMILES string of the molecule is CCCCNC(=NCCCN(CC)S(C)(=O)=O)NCC.I. The molecule has 0 heterocycles. The Morgan fingerprint density at radius 2 is 1.81 bits per heavy atom. The van der Waals surface area contributed by atoms with Crippen LogP contribution in [-0.2, 0) is 10.0 Å². The molecule has 0 aromatic heterocycles. The van der Waals surface area contributed by atoms with Gasteiger partial charge in [-0.2, -0.15) is 0 Å². The lowest BCUT2D eigenvalue weighted by Gasteiger charge is -2.17. The zero-order chi connectivity index (χ0) is 15.4. The summed E-state index contributed by atoms with van der Waals surface area (Å²) in [7, 11) is -3.09. The van der Waals surface area contributed by atoms with Gasteiger partial charge in [-0.1, -0.05) is 20.3 Å². The van der Waals surface area contributed by atoms with Crippen LogP contribution in [0.4, 0.5) is 0 Å². The second kappa shape index (κ2) is 13.6. The first-order chi connectivity index (χ1) is 9.45. The number of unbranched alkanes of at least 4 members (excludes halogenated alkanes) is 1. The Kier molecular flexibility index (Phi) is 15.0. The third kappa shape index (κ3) is 12.2. The average molecular weight is 434 g/mol. The molecule has 0 aliphatic carbocycles. The number of nitrogens with zero attached hydrogens (tertiary/aromatic N) is 2. The predicted octanol–water partition coefficient (Wildman–Crippen LogP) is 1.63. The number of guanidine groups is 1. The number of sulfonamides is 1. The van der Waals surface area contributed by atoms with Gasteiger partial charge in [0.25, 0.3) is 0 Å². The molecule has 0 saturated heterocycles. The van der Waals surface area contributed by atoms with E-state index in [1.165, 1.54) is 10.6 Å². The first kappa shape index (κ1) is 23.2. The van der Waals surface area contributed by atoms with Crippen LogP contribution in [0.2, 0.25) is 0 Å². The van der Waals surface area contributed by atoms with Crippen LogP contribution in [0, 0.1) is 0 Å². The van der Waals surface area contributed by atoms with Crippen molar-refractivity contribution in [3.8, 4) is 0 Å². The zero-order valence-corrected chi connectivity index (χ0v) is 16.8. The molecule has 0 atom stereocenters. The minimum absolute atomic E-state index is 0. The Bertz CT molecular complexity index is 374. The molecule has 0 fully saturated rings. The van der Waals surface area contributed by atoms with Crippen molar-refractivity contribution in [2.24, 2.45) is 4.99 Å². The minimum Gasteiger partial charge on any atom is -0.357 e. The quantitative estimate of drug-likeness (QED) is 0.237. The van der Waals surface area contributed by atoms with Crippen LogP contribution in [0.3, 0.4) is 0 Å². The summed E-state index contributed by atoms with van der Waals surface area (Å²) in [5, 5.41) is 6.44. The fraction of sp³-hybridized carbons (Fsp3) is 0.923. The van der Waals surface area contributed by atoms with Gasteiger partial charge in [-0.15, -0.1) is 24.0 Å². The van der Waals surface area contributed by atoms with Crippen molar-refractivity contribution in [2.45, 2.75) is 40.0 Å². The van der Waals surface area contributed by atoms with Crippen LogP contribution < -0.4 is 10.6 Å². The number of hydrogen-bond donors (Lipinski definition) is 2. The maximum absolute atomic E-state index is 11.4. The third-order valence-corrected chi connectivity index (χ3v) is 4.20. The molecule has 0 radical (unpaired) electrons. The number of halogens is 1. The van der Waals surface area contributed by atoms with Crippen molar-refractivity contribution >= 4 is 40.0 Å². The van der Waals surface area contributed by atoms with Gasteiger partial charge >= 0.3 is 0 Å². The molecule has 0 bridgehead atoms. The maximum atomic E-state index is 11.4. The lowest BCUT2D eigenvalue weighted by molar-refractivity contribution is 0.427. The molecule has 21 heavy (non-hydrogen) atoms. The molecule has 0 amide bonds. The van der Waals surface area contributed by atoms with E-state index in [0.29, 0.717) is 19.6 Å². The first-order valence-electron chi connectivity index (χ1n) is 7.42. The van der Waals surface area contributed by atoms with Crippen LogP contribution >= 0.6 is 24.0 Å². The van der Waals surface area contributed by atoms with Gasteiger partial charge in [0.15, 0.2) is 5.96 Å². The Morgan fingerprint density at radius 1 is 1.14 bits per heavy atom. The Balaban J connectivity index is 0. The van der Waals surface area contributed by atoms with E-state index in [9.17, 15) is 8.42 Å². The zero-order valence-electron chi connectivity index (χ0n) is 13.7. The molecule has 0 rings (SSSR count). The predicted molar refractivity (Wildman–Crippen MR) is 101 cm³/mol. The smallest absolute Gasteiger partial charge is 0.211 e. The van der Waals surface area contributed by atoms with E-state index in [-0.39, 0.29) is 24.0 Å². The second-order valence-electron chi connectivity index (χ2n) is 4.65. The van der Waals surface area contributed by atoms with Crippen LogP contribution in [0.25, 0.3) is 0 Å². The molecule has 8 heteroatoms. The minimum atomic E-state index is -3.09. The highest BCUT2D eigenvalue weighted by Gasteiger charge is 2.12. The summed E-state index contributed by atoms with van der Waals surface area (Å²) in [4.78, 5) is 4.45. The van der Waals surface area contributed by atoms with E-state index < -0.39 is 10.0 Å². The highest BCUT2D eigenvalue weighted by molar-refractivity contribution is 14.0. The van der Waals surface area contributed by atoms with Gasteiger partial charge in [0, 0.05) is 32.7 Å². The van der Waals surface area contributed by atoms with Crippen molar-refractivity contribution < 1.29 is 8.42 Å². The van der Waals surface area contributed by atoms with Crippen molar-refractivity contribution in [3.63, 3.8) is 0 Å². The number of hydrogen-bond acceptors (Lipinski definition) is 3. The molecule has 0 saturated carbocycles. The van der Waals surface area contributed by atoms with Gasteiger partial charge in [-0.05, 0) is 19.8 Å². The molecule has 0 aromatic rings. The van der Waals surface area contributed by atoms with Gasteiger partial charge < -0.3 is 10.6 Å². The molecular formula is C13H31IN4O2S. The fourth-order valence-corrected chi connectivity index (χ4v) is 2.65. The third-order valence-electron chi connectivity index (χ3n) is 2.82. The number of rotatable bonds is 10. The lowest BCUT2D eigenvalue weighted by Crippen LogP contribution is -2.38. The van der Waals surface area contributed by atoms with Crippen molar-refractivity contribution in [3.05, 3.63) is 0 Å². The van der Waals surface area contributed by atoms with Gasteiger partial charge in [-0.3, -0.25) is 4.99 Å². The Morgan fingerprint density at radius 3 is 2.29 bits per heavy atom. The first-order valence-corrected chi connectivity index (χ1v) is 9.27. The molecule has 0 unspecified atom stereocenters. The number of nitrogens with one attached hydrogen (secondary N) is 2. The monoisotopic (exact) mass is 434 g/mol. The van der Waals surface area contributed by atoms with Crippen LogP contribution in [0.1, 0.15) is 40.0 Å². The number of aliphatic imine (C=N–C) groups is 1. The summed E-state index contributed by atoms with van der Waals surface area (Å²) in [5.74, 6) is 0.809. The normalized spacial score (nSPS) is 12.1. The molecule has 6 nitrogen and oxygen atoms in total. The maximum Gasteiger partial charge on any atom is 0.211 e. The molecule has 128 valence electrons. The van der Waals surface area contributed by atoms with Gasteiger partial charge in [0.05, 0.1) is 6.26 Å². The fourth-order valence-electron chi connectivity index (χ4n) is 1.72. The van der Waals surface area contributed by atoms with E-state index in [1.54, 1.807) is 0 Å². The van der Waals surface area contributed by atoms with Gasteiger partial charge in [0.1, 0.15) is 0 Å². The summed E-state index contributed by atoms with van der Waals surface area (Å²) in [6.07, 6.45) is 4.23. The van der Waals surface area contributed by atoms with Crippen LogP contribution in [0.5, 0.6) is 0 Å². The van der Waals surface area contributed by atoms with E-state index >= 15 is 0 Å². The molecular weight excluding hydrogens is 403 g/mol. The molecule has 0 aromatic carbocycles. The largest absolute Gasteiger partial charge is 0.357 e. The van der Waals surface area contributed by atoms with E-state index in [2.05, 4.69) is 22.5 Å². The average Bonchev–Trinajstić information content (AvgIpc) is 2.37. The highest BCUT2D eigenvalue weighted by Crippen LogP contribution is 1.99. The highest BCUT2D eigenvalue weighted by atomic mass is 127. The lowest BCUT2D eigenvalue weighted by atomic mass is 10.3. The summed E-state index contributed by atoms with van der Waals surface area (Å²) in [5.41, 5.74) is 0. The molecule has 0 aliphatic rings. The van der Waals surface area contributed by atoms with Gasteiger partial charge in [0.2, 0.25) is 10.0 Å². The van der Waals surface area contributed by atoms with Crippen molar-refractivity contribution in [2.75, 3.05) is 39.0 Å². The van der Waals surface area contributed by atoms with Crippen molar-refractivity contribution in [1.29, 1.82) is 0 Å². The summed E-state index contributed by atoms with van der Waals surface area (Å²) >= 11 is 0. The van der Waals surface area contributed by atoms with E-state index in [1.807, 2.05) is 13.8 Å². The molecule has 0 spiro atoms. The van der Waals surface area contributed by atoms with Crippen LogP contribution in [0.15, 0.2) is 4.99 Å². The molecule has 0 aliphatic heterocycles. The Labute approximate surface area is 147 Å². The van der Waals surface area contributed by atoms with Crippen molar-refractivity contribution in [1.82, 2.24) is 14.9 Å². The molecule has 2 N–H and O–H groups in total. The summed E-state index contributed by atoms with van der Waals surface area (Å²) in [6.45, 7) is 9.41. The second-order valence-corrected chi connectivity index (χ2v) is 6.63. The van der Waals surface area contributed by atoms with E-state index in [0.717, 1.165) is 38.3 Å². The summed E-state index contributed by atoms with van der Waals surface area (Å²) in [6, 6.07) is 0.